The van der Waals surface area contributed by atoms with Crippen molar-refractivity contribution in [2.24, 2.45) is 0 Å². The van der Waals surface area contributed by atoms with Gasteiger partial charge in [0.05, 0.1) is 24.4 Å². The van der Waals surface area contributed by atoms with Crippen molar-refractivity contribution in [2.75, 3.05) is 6.54 Å². The van der Waals surface area contributed by atoms with Crippen molar-refractivity contribution >= 4 is 11.7 Å². The number of carbonyl (C=O) groups excluding carboxylic acids is 2. The molecule has 1 fully saturated rings. The molecule has 1 amide bonds. The molecular formula is C25H28FN5O2. The van der Waals surface area contributed by atoms with Gasteiger partial charge in [0, 0.05) is 5.56 Å². The number of benzene rings is 2. The van der Waals surface area contributed by atoms with E-state index in [9.17, 15) is 9.59 Å². The van der Waals surface area contributed by atoms with Crippen molar-refractivity contribution in [3.8, 4) is 11.1 Å². The van der Waals surface area contributed by atoms with Gasteiger partial charge in [0.15, 0.2) is 5.78 Å². The minimum Gasteiger partial charge on any atom is -0.341 e. The molecule has 0 aliphatic carbocycles. The lowest BCUT2D eigenvalue weighted by atomic mass is 9.94. The fraction of sp³-hybridized carbons (Fsp3) is 0.360. The molecule has 2 aromatic carbocycles. The Morgan fingerprint density at radius 3 is 2.52 bits per heavy atom. The maximum absolute atomic E-state index is 15.2. The van der Waals surface area contributed by atoms with Crippen LogP contribution in [0.1, 0.15) is 55.5 Å². The molecule has 4 rings (SSSR count). The first kappa shape index (κ1) is 22.8. The highest BCUT2D eigenvalue weighted by molar-refractivity contribution is 5.92. The first-order chi connectivity index (χ1) is 15.9. The molecule has 0 saturated carbocycles. The summed E-state index contributed by atoms with van der Waals surface area (Å²) < 4.78 is 15.2. The molecule has 1 aliphatic rings. The second kappa shape index (κ2) is 10.0. The summed E-state index contributed by atoms with van der Waals surface area (Å²) in [6.45, 7) is 4.97. The molecule has 1 aromatic heterocycles. The van der Waals surface area contributed by atoms with Gasteiger partial charge in [-0.3, -0.25) is 9.59 Å². The van der Waals surface area contributed by atoms with E-state index in [0.29, 0.717) is 29.2 Å². The van der Waals surface area contributed by atoms with E-state index in [-0.39, 0.29) is 24.2 Å². The van der Waals surface area contributed by atoms with Gasteiger partial charge in [0.1, 0.15) is 11.9 Å². The number of rotatable bonds is 8. The number of hydrogen-bond acceptors (Lipinski definition) is 5. The molecule has 2 heterocycles. The quantitative estimate of drug-likeness (QED) is 0.489. The van der Waals surface area contributed by atoms with Gasteiger partial charge in [-0.2, -0.15) is 15.4 Å². The standard InChI is InChI=1S/C25H28FN5O2/c1-15(2)16-5-7-17(8-6-16)20-10-9-18(12-21(20)26)24(23(32)13-19-14-28-31-30-19)29-25(33)22-4-3-11-27-22/h5-10,12,14-15,22,24,27H,3-4,11,13H2,1-2H3,(H,29,33)(H,28,30,31). The fourth-order valence-electron chi connectivity index (χ4n) is 4.08. The number of hydrogen-bond donors (Lipinski definition) is 3. The fourth-order valence-corrected chi connectivity index (χ4v) is 4.08. The number of amides is 1. The number of Topliss-reactive ketones (excluding diaryl/α,β-unsaturated/α-hetero) is 1. The number of nitrogens with zero attached hydrogens (tertiary/aromatic N) is 2. The Morgan fingerprint density at radius 2 is 1.91 bits per heavy atom. The van der Waals surface area contributed by atoms with Crippen molar-refractivity contribution in [2.45, 2.75) is 51.1 Å². The zero-order valence-corrected chi connectivity index (χ0v) is 18.8. The third-order valence-electron chi connectivity index (χ3n) is 6.02. The molecule has 1 saturated heterocycles. The molecular weight excluding hydrogens is 421 g/mol. The van der Waals surface area contributed by atoms with Crippen molar-refractivity contribution in [1.82, 2.24) is 26.0 Å². The van der Waals surface area contributed by atoms with E-state index in [1.54, 1.807) is 12.1 Å². The Bertz CT molecular complexity index is 1110. The Morgan fingerprint density at radius 1 is 1.15 bits per heavy atom. The van der Waals surface area contributed by atoms with Crippen LogP contribution in [0.2, 0.25) is 0 Å². The predicted molar refractivity (Wildman–Crippen MR) is 123 cm³/mol. The van der Waals surface area contributed by atoms with E-state index in [0.717, 1.165) is 18.5 Å². The lowest BCUT2D eigenvalue weighted by Gasteiger charge is -2.21. The summed E-state index contributed by atoms with van der Waals surface area (Å²) in [5.74, 6) is -0.610. The van der Waals surface area contributed by atoms with Crippen LogP contribution in [-0.2, 0) is 16.0 Å². The van der Waals surface area contributed by atoms with Gasteiger partial charge in [0.2, 0.25) is 5.91 Å². The summed E-state index contributed by atoms with van der Waals surface area (Å²) >= 11 is 0. The summed E-state index contributed by atoms with van der Waals surface area (Å²) in [6.07, 6.45) is 3.03. The third kappa shape index (κ3) is 5.34. The molecule has 33 heavy (non-hydrogen) atoms. The van der Waals surface area contributed by atoms with Gasteiger partial charge >= 0.3 is 0 Å². The van der Waals surface area contributed by atoms with Crippen molar-refractivity contribution in [3.63, 3.8) is 0 Å². The van der Waals surface area contributed by atoms with Gasteiger partial charge in [-0.25, -0.2) is 4.39 Å². The number of carbonyl (C=O) groups is 2. The second-order valence-corrected chi connectivity index (χ2v) is 8.71. The van der Waals surface area contributed by atoms with E-state index in [1.807, 2.05) is 24.3 Å². The summed E-state index contributed by atoms with van der Waals surface area (Å²) in [4.78, 5) is 25.8. The molecule has 2 unspecified atom stereocenters. The molecule has 7 nitrogen and oxygen atoms in total. The molecule has 8 heteroatoms. The number of H-pyrrole nitrogens is 1. The summed E-state index contributed by atoms with van der Waals surface area (Å²) in [6, 6.07) is 11.1. The highest BCUT2D eigenvalue weighted by Gasteiger charge is 2.29. The van der Waals surface area contributed by atoms with E-state index < -0.39 is 11.9 Å². The van der Waals surface area contributed by atoms with Gasteiger partial charge in [0.25, 0.3) is 0 Å². The molecule has 1 aliphatic heterocycles. The van der Waals surface area contributed by atoms with E-state index in [4.69, 9.17) is 0 Å². The first-order valence-electron chi connectivity index (χ1n) is 11.2. The van der Waals surface area contributed by atoms with E-state index >= 15 is 4.39 Å². The second-order valence-electron chi connectivity index (χ2n) is 8.71. The zero-order chi connectivity index (χ0) is 23.4. The molecule has 172 valence electrons. The number of aromatic amines is 1. The number of aromatic nitrogens is 3. The van der Waals surface area contributed by atoms with Crippen LogP contribution in [0.25, 0.3) is 11.1 Å². The van der Waals surface area contributed by atoms with Crippen molar-refractivity contribution in [1.29, 1.82) is 0 Å². The van der Waals surface area contributed by atoms with E-state index in [1.165, 1.54) is 17.8 Å². The Balaban J connectivity index is 1.60. The summed E-state index contributed by atoms with van der Waals surface area (Å²) in [5, 5.41) is 16.1. The average molecular weight is 450 g/mol. The normalized spacial score (nSPS) is 16.7. The molecule has 2 atom stereocenters. The van der Waals surface area contributed by atoms with Crippen LogP contribution < -0.4 is 10.6 Å². The summed E-state index contributed by atoms with van der Waals surface area (Å²) in [7, 11) is 0. The van der Waals surface area contributed by atoms with Crippen LogP contribution in [0.3, 0.4) is 0 Å². The zero-order valence-electron chi connectivity index (χ0n) is 18.8. The Labute approximate surface area is 192 Å². The predicted octanol–water partition coefficient (Wildman–Crippen LogP) is 3.46. The smallest absolute Gasteiger partial charge is 0.237 e. The van der Waals surface area contributed by atoms with Gasteiger partial charge in [-0.05, 0) is 48.1 Å². The maximum Gasteiger partial charge on any atom is 0.237 e. The number of halogens is 1. The molecule has 0 spiro atoms. The van der Waals surface area contributed by atoms with Crippen molar-refractivity contribution in [3.05, 3.63) is 71.3 Å². The number of nitrogens with one attached hydrogen (secondary N) is 3. The van der Waals surface area contributed by atoms with Crippen LogP contribution in [0.15, 0.2) is 48.7 Å². The third-order valence-corrected chi connectivity index (χ3v) is 6.02. The van der Waals surface area contributed by atoms with Crippen LogP contribution in [0, 0.1) is 5.82 Å². The van der Waals surface area contributed by atoms with Crippen LogP contribution in [0.5, 0.6) is 0 Å². The number of ketones is 1. The van der Waals surface area contributed by atoms with Gasteiger partial charge in [-0.1, -0.05) is 50.2 Å². The Kier molecular flexibility index (Phi) is 6.93. The molecule has 0 bridgehead atoms. The monoisotopic (exact) mass is 449 g/mol. The SMILES string of the molecule is CC(C)c1ccc(-c2ccc(C(NC(=O)C3CCCN3)C(=O)Cc3cn[nH]n3)cc2F)cc1. The Hall–Kier alpha value is -3.39. The van der Waals surface area contributed by atoms with Crippen LogP contribution >= 0.6 is 0 Å². The van der Waals surface area contributed by atoms with Crippen LogP contribution in [-0.4, -0.2) is 39.7 Å². The van der Waals surface area contributed by atoms with Crippen LogP contribution in [0.4, 0.5) is 4.39 Å². The topological polar surface area (TPSA) is 99.8 Å². The largest absolute Gasteiger partial charge is 0.341 e. The highest BCUT2D eigenvalue weighted by Crippen LogP contribution is 2.28. The van der Waals surface area contributed by atoms with Crippen molar-refractivity contribution < 1.29 is 14.0 Å². The highest BCUT2D eigenvalue weighted by atomic mass is 19.1. The first-order valence-corrected chi connectivity index (χ1v) is 11.2. The molecule has 3 N–H and O–H groups in total. The lowest BCUT2D eigenvalue weighted by Crippen LogP contribution is -2.44. The minimum atomic E-state index is -0.983. The maximum atomic E-state index is 15.2. The lowest BCUT2D eigenvalue weighted by molar-refractivity contribution is -0.128. The van der Waals surface area contributed by atoms with Gasteiger partial charge in [-0.15, -0.1) is 0 Å². The molecule has 3 aromatic rings. The van der Waals surface area contributed by atoms with E-state index in [2.05, 4.69) is 39.9 Å². The minimum absolute atomic E-state index is 0.0282. The molecule has 0 radical (unpaired) electrons. The summed E-state index contributed by atoms with van der Waals surface area (Å²) in [5.41, 5.74) is 3.24. The van der Waals surface area contributed by atoms with Gasteiger partial charge < -0.3 is 10.6 Å². The average Bonchev–Trinajstić information content (AvgIpc) is 3.52.